The Balaban J connectivity index is 1.66. The molecule has 0 unspecified atom stereocenters. The van der Waals surface area contributed by atoms with Gasteiger partial charge in [-0.15, -0.1) is 0 Å². The summed E-state index contributed by atoms with van der Waals surface area (Å²) in [6.45, 7) is 0.276. The number of hydrogen-bond acceptors (Lipinski definition) is 4. The SMILES string of the molecule is O=S(=O)(Cc1ccc(F)cc1)Nc1ccc(NCc2ccc(Cl)nc2Cl)cc1F. The molecule has 3 rings (SSSR count). The first-order valence-electron chi connectivity index (χ1n) is 8.31. The van der Waals surface area contributed by atoms with Gasteiger partial charge >= 0.3 is 0 Å². The van der Waals surface area contributed by atoms with Gasteiger partial charge in [0.1, 0.15) is 21.9 Å². The molecule has 0 radical (unpaired) electrons. The van der Waals surface area contributed by atoms with Gasteiger partial charge in [0.15, 0.2) is 0 Å². The summed E-state index contributed by atoms with van der Waals surface area (Å²) in [4.78, 5) is 3.92. The molecule has 0 aliphatic carbocycles. The summed E-state index contributed by atoms with van der Waals surface area (Å²) >= 11 is 11.7. The van der Waals surface area contributed by atoms with E-state index in [2.05, 4.69) is 15.0 Å². The smallest absolute Gasteiger partial charge is 0.237 e. The van der Waals surface area contributed by atoms with Gasteiger partial charge in [0.2, 0.25) is 10.0 Å². The van der Waals surface area contributed by atoms with Gasteiger partial charge in [-0.05, 0) is 42.0 Å². The summed E-state index contributed by atoms with van der Waals surface area (Å²) in [7, 11) is -3.87. The van der Waals surface area contributed by atoms with Gasteiger partial charge in [0, 0.05) is 17.8 Å². The molecule has 5 nitrogen and oxygen atoms in total. The number of halogens is 4. The fourth-order valence-electron chi connectivity index (χ4n) is 2.48. The van der Waals surface area contributed by atoms with E-state index in [0.29, 0.717) is 16.8 Å². The van der Waals surface area contributed by atoms with E-state index in [1.54, 1.807) is 12.1 Å². The van der Waals surface area contributed by atoms with Crippen molar-refractivity contribution < 1.29 is 17.2 Å². The molecule has 152 valence electrons. The zero-order valence-electron chi connectivity index (χ0n) is 14.8. The molecule has 0 atom stereocenters. The number of benzene rings is 2. The van der Waals surface area contributed by atoms with Crippen LogP contribution in [0.25, 0.3) is 0 Å². The summed E-state index contributed by atoms with van der Waals surface area (Å²) in [6.07, 6.45) is 0. The molecule has 0 spiro atoms. The van der Waals surface area contributed by atoms with Crippen molar-refractivity contribution in [2.24, 2.45) is 0 Å². The van der Waals surface area contributed by atoms with Gasteiger partial charge in [-0.1, -0.05) is 41.4 Å². The third kappa shape index (κ3) is 6.03. The molecule has 0 aliphatic heterocycles. The topological polar surface area (TPSA) is 71.1 Å². The molecular formula is C19H15Cl2F2N3O2S. The number of pyridine rings is 1. The minimum absolute atomic E-state index is 0.191. The molecule has 10 heteroatoms. The second-order valence-electron chi connectivity index (χ2n) is 6.12. The Labute approximate surface area is 176 Å². The largest absolute Gasteiger partial charge is 0.381 e. The minimum atomic E-state index is -3.87. The molecule has 0 bridgehead atoms. The van der Waals surface area contributed by atoms with Gasteiger partial charge in [0.25, 0.3) is 0 Å². The molecule has 29 heavy (non-hydrogen) atoms. The number of aromatic nitrogens is 1. The highest BCUT2D eigenvalue weighted by molar-refractivity contribution is 7.91. The van der Waals surface area contributed by atoms with Crippen molar-refractivity contribution in [2.45, 2.75) is 12.3 Å². The molecule has 2 N–H and O–H groups in total. The molecule has 1 heterocycles. The highest BCUT2D eigenvalue weighted by Gasteiger charge is 2.15. The summed E-state index contributed by atoms with van der Waals surface area (Å²) < 4.78 is 54.0. The fourth-order valence-corrected chi connectivity index (χ4v) is 4.10. The third-order valence-corrected chi connectivity index (χ3v) is 5.66. The van der Waals surface area contributed by atoms with Crippen molar-refractivity contribution in [1.29, 1.82) is 0 Å². The Morgan fingerprint density at radius 3 is 2.34 bits per heavy atom. The lowest BCUT2D eigenvalue weighted by atomic mass is 10.2. The minimum Gasteiger partial charge on any atom is -0.381 e. The molecule has 0 saturated carbocycles. The van der Waals surface area contributed by atoms with E-state index in [1.165, 1.54) is 24.3 Å². The van der Waals surface area contributed by atoms with Crippen LogP contribution in [0.4, 0.5) is 20.2 Å². The van der Waals surface area contributed by atoms with Crippen LogP contribution in [0.2, 0.25) is 10.3 Å². The van der Waals surface area contributed by atoms with Crippen LogP contribution in [0.15, 0.2) is 54.6 Å². The normalized spacial score (nSPS) is 11.3. The number of rotatable bonds is 7. The van der Waals surface area contributed by atoms with Crippen LogP contribution in [0.5, 0.6) is 0 Å². The Bertz CT molecular complexity index is 1130. The van der Waals surface area contributed by atoms with Gasteiger partial charge in [-0.25, -0.2) is 22.2 Å². The van der Waals surface area contributed by atoms with E-state index in [4.69, 9.17) is 23.2 Å². The Kier molecular flexibility index (Phi) is 6.56. The number of nitrogens with zero attached hydrogens (tertiary/aromatic N) is 1. The van der Waals surface area contributed by atoms with Crippen molar-refractivity contribution in [3.8, 4) is 0 Å². The van der Waals surface area contributed by atoms with Crippen molar-refractivity contribution >= 4 is 44.6 Å². The number of sulfonamides is 1. The highest BCUT2D eigenvalue weighted by atomic mass is 35.5. The number of hydrogen-bond donors (Lipinski definition) is 2. The highest BCUT2D eigenvalue weighted by Crippen LogP contribution is 2.23. The van der Waals surface area contributed by atoms with Crippen LogP contribution in [0, 0.1) is 11.6 Å². The van der Waals surface area contributed by atoms with Gasteiger partial charge in [-0.3, -0.25) is 4.72 Å². The number of anilines is 2. The molecule has 3 aromatic rings. The van der Waals surface area contributed by atoms with Gasteiger partial charge in [0.05, 0.1) is 11.4 Å². The maximum Gasteiger partial charge on any atom is 0.237 e. The number of nitrogens with one attached hydrogen (secondary N) is 2. The van der Waals surface area contributed by atoms with E-state index in [0.717, 1.165) is 18.2 Å². The fraction of sp³-hybridized carbons (Fsp3) is 0.105. The monoisotopic (exact) mass is 457 g/mol. The van der Waals surface area contributed by atoms with Crippen LogP contribution < -0.4 is 10.0 Å². The Morgan fingerprint density at radius 2 is 1.69 bits per heavy atom. The quantitative estimate of drug-likeness (QED) is 0.477. The van der Waals surface area contributed by atoms with E-state index in [1.807, 2.05) is 0 Å². The molecule has 0 amide bonds. The average molecular weight is 458 g/mol. The summed E-state index contributed by atoms with van der Waals surface area (Å²) in [6, 6.07) is 12.3. The summed E-state index contributed by atoms with van der Waals surface area (Å²) in [5.41, 5.74) is 1.28. The maximum atomic E-state index is 14.4. The third-order valence-electron chi connectivity index (χ3n) is 3.88. The van der Waals surface area contributed by atoms with Crippen LogP contribution >= 0.6 is 23.2 Å². The van der Waals surface area contributed by atoms with Crippen molar-refractivity contribution in [3.05, 3.63) is 87.7 Å². The van der Waals surface area contributed by atoms with E-state index < -0.39 is 27.4 Å². The lowest BCUT2D eigenvalue weighted by molar-refractivity contribution is 0.597. The maximum absolute atomic E-state index is 14.4. The first kappa shape index (κ1) is 21.3. The predicted molar refractivity (Wildman–Crippen MR) is 111 cm³/mol. The van der Waals surface area contributed by atoms with Gasteiger partial charge < -0.3 is 5.32 Å². The molecule has 0 aliphatic rings. The summed E-state index contributed by atoms with van der Waals surface area (Å²) in [5, 5.41) is 3.47. The molecular weight excluding hydrogens is 443 g/mol. The molecule has 1 aromatic heterocycles. The molecule has 0 fully saturated rings. The van der Waals surface area contributed by atoms with Crippen LogP contribution in [-0.2, 0) is 22.3 Å². The Morgan fingerprint density at radius 1 is 0.966 bits per heavy atom. The standard InChI is InChI=1S/C19H15Cl2F2N3O2S/c20-18-8-3-13(19(21)25-18)10-24-15-6-7-17(16(23)9-15)26-29(27,28)11-12-1-4-14(22)5-2-12/h1-9,24,26H,10-11H2. The average Bonchev–Trinajstić information content (AvgIpc) is 2.65. The zero-order valence-corrected chi connectivity index (χ0v) is 17.1. The van der Waals surface area contributed by atoms with Crippen molar-refractivity contribution in [2.75, 3.05) is 10.0 Å². The van der Waals surface area contributed by atoms with Crippen LogP contribution in [0.1, 0.15) is 11.1 Å². The van der Waals surface area contributed by atoms with Crippen LogP contribution in [0.3, 0.4) is 0 Å². The Hall–Kier alpha value is -2.42. The lowest BCUT2D eigenvalue weighted by Gasteiger charge is -2.12. The lowest BCUT2D eigenvalue weighted by Crippen LogP contribution is -2.16. The van der Waals surface area contributed by atoms with Crippen molar-refractivity contribution in [1.82, 2.24) is 4.98 Å². The second-order valence-corrected chi connectivity index (χ2v) is 8.59. The summed E-state index contributed by atoms with van der Waals surface area (Å²) in [5.74, 6) is -1.63. The van der Waals surface area contributed by atoms with E-state index in [9.17, 15) is 17.2 Å². The van der Waals surface area contributed by atoms with E-state index >= 15 is 0 Å². The first-order chi connectivity index (χ1) is 13.7. The van der Waals surface area contributed by atoms with Gasteiger partial charge in [-0.2, -0.15) is 0 Å². The first-order valence-corrected chi connectivity index (χ1v) is 10.7. The second kappa shape index (κ2) is 8.94. The van der Waals surface area contributed by atoms with Crippen molar-refractivity contribution in [3.63, 3.8) is 0 Å². The molecule has 2 aromatic carbocycles. The molecule has 0 saturated heterocycles. The predicted octanol–water partition coefficient (Wildman–Crippen LogP) is 5.22. The van der Waals surface area contributed by atoms with Crippen LogP contribution in [-0.4, -0.2) is 13.4 Å². The van der Waals surface area contributed by atoms with E-state index in [-0.39, 0.29) is 22.5 Å². The zero-order chi connectivity index (χ0) is 21.0.